The van der Waals surface area contributed by atoms with E-state index in [0.717, 1.165) is 27.6 Å². The van der Waals surface area contributed by atoms with Crippen LogP contribution in [-0.2, 0) is 37.1 Å². The zero-order valence-electron chi connectivity index (χ0n) is 20.7. The predicted octanol–water partition coefficient (Wildman–Crippen LogP) is 4.36. The molecular formula is C29H27ClN6O2. The molecule has 0 radical (unpaired) electrons. The molecule has 3 aromatic carbocycles. The van der Waals surface area contributed by atoms with Crippen molar-refractivity contribution in [1.29, 1.82) is 0 Å². The minimum absolute atomic E-state index is 0.227. The van der Waals surface area contributed by atoms with E-state index in [0.29, 0.717) is 36.7 Å². The Balaban J connectivity index is 1.32. The fourth-order valence-electron chi connectivity index (χ4n) is 4.35. The number of halogens is 1. The Bertz CT molecular complexity index is 1620. The molecule has 0 spiro atoms. The van der Waals surface area contributed by atoms with Gasteiger partial charge in [-0.1, -0.05) is 72.3 Å². The van der Waals surface area contributed by atoms with Crippen molar-refractivity contribution in [2.75, 3.05) is 0 Å². The van der Waals surface area contributed by atoms with Crippen LogP contribution in [0.5, 0.6) is 0 Å². The zero-order valence-corrected chi connectivity index (χ0v) is 21.4. The number of aromatic nitrogens is 4. The fraction of sp³-hybridized carbons (Fsp3) is 0.172. The molecule has 9 heteroatoms. The molecule has 8 nitrogen and oxygen atoms in total. The van der Waals surface area contributed by atoms with Gasteiger partial charge in [-0.2, -0.15) is 10.2 Å². The molecule has 5 rings (SSSR count). The molecule has 0 saturated heterocycles. The van der Waals surface area contributed by atoms with Crippen LogP contribution in [0, 0.1) is 0 Å². The Labute approximate surface area is 224 Å². The second-order valence-electron chi connectivity index (χ2n) is 8.96. The largest absolute Gasteiger partial charge is 0.361 e. The van der Waals surface area contributed by atoms with Crippen LogP contribution in [0.25, 0.3) is 10.9 Å². The molecule has 2 N–H and O–H groups in total. The van der Waals surface area contributed by atoms with Crippen LogP contribution in [0.2, 0.25) is 5.02 Å². The van der Waals surface area contributed by atoms with Crippen molar-refractivity contribution in [1.82, 2.24) is 24.8 Å². The highest BCUT2D eigenvalue weighted by Gasteiger charge is 2.17. The first kappa shape index (κ1) is 25.2. The fourth-order valence-corrected chi connectivity index (χ4v) is 4.48. The van der Waals surface area contributed by atoms with E-state index in [1.165, 1.54) is 4.68 Å². The first-order valence-corrected chi connectivity index (χ1v) is 12.7. The number of fused-ring (bicyclic) bond motifs is 1. The second-order valence-corrected chi connectivity index (χ2v) is 9.39. The Morgan fingerprint density at radius 1 is 1.00 bits per heavy atom. The topological polar surface area (TPSA) is 97.1 Å². The summed E-state index contributed by atoms with van der Waals surface area (Å²) in [6.45, 7) is 0.204. The van der Waals surface area contributed by atoms with Crippen molar-refractivity contribution in [2.45, 2.75) is 32.4 Å². The number of amides is 1. The number of carbonyl (C=O) groups excluding carboxylic acids is 1. The van der Waals surface area contributed by atoms with E-state index < -0.39 is 5.91 Å². The molecule has 0 atom stereocenters. The highest BCUT2D eigenvalue weighted by Crippen LogP contribution is 2.19. The number of aryl methyl sites for hydroxylation is 1. The van der Waals surface area contributed by atoms with E-state index in [9.17, 15) is 9.59 Å². The van der Waals surface area contributed by atoms with E-state index >= 15 is 0 Å². The van der Waals surface area contributed by atoms with Crippen LogP contribution in [-0.4, -0.2) is 31.5 Å². The Hall–Kier alpha value is -4.43. The molecule has 0 saturated carbocycles. The highest BCUT2D eigenvalue weighted by molar-refractivity contribution is 6.30. The summed E-state index contributed by atoms with van der Waals surface area (Å²) in [4.78, 5) is 29.1. The van der Waals surface area contributed by atoms with E-state index in [2.05, 4.69) is 26.7 Å². The lowest BCUT2D eigenvalue weighted by Crippen LogP contribution is -2.32. The summed E-state index contributed by atoms with van der Waals surface area (Å²) in [7, 11) is 0. The number of carbonyl (C=O) groups is 1. The van der Waals surface area contributed by atoms with Crippen molar-refractivity contribution >= 4 is 34.6 Å². The molecule has 5 aromatic rings. The molecule has 38 heavy (non-hydrogen) atoms. The lowest BCUT2D eigenvalue weighted by molar-refractivity contribution is -0.121. The quantitative estimate of drug-likeness (QED) is 0.209. The Kier molecular flexibility index (Phi) is 7.80. The predicted molar refractivity (Wildman–Crippen MR) is 150 cm³/mol. The van der Waals surface area contributed by atoms with E-state index in [-0.39, 0.29) is 12.2 Å². The molecule has 0 aliphatic carbocycles. The van der Waals surface area contributed by atoms with Gasteiger partial charge in [0, 0.05) is 47.7 Å². The number of hydrogen-bond acceptors (Lipinski definition) is 4. The van der Waals surface area contributed by atoms with E-state index in [4.69, 9.17) is 11.6 Å². The van der Waals surface area contributed by atoms with Gasteiger partial charge >= 0.3 is 5.69 Å². The summed E-state index contributed by atoms with van der Waals surface area (Å²) < 4.78 is 2.84. The first-order chi connectivity index (χ1) is 18.6. The summed E-state index contributed by atoms with van der Waals surface area (Å²) in [5, 5.41) is 10.3. The summed E-state index contributed by atoms with van der Waals surface area (Å²) in [5.41, 5.74) is 6.37. The average Bonchev–Trinajstić information content (AvgIpc) is 3.47. The first-order valence-electron chi connectivity index (χ1n) is 12.4. The van der Waals surface area contributed by atoms with Gasteiger partial charge in [0.25, 0.3) is 5.91 Å². The van der Waals surface area contributed by atoms with Crippen molar-refractivity contribution in [3.05, 3.63) is 123 Å². The third-order valence-corrected chi connectivity index (χ3v) is 6.55. The lowest BCUT2D eigenvalue weighted by atomic mass is 10.1. The normalized spacial score (nSPS) is 11.4. The standard InChI is InChI=1S/C29H27ClN6O2/c30-24-12-10-22(11-13-24)18-27-34-36(20-28(37)33-32-16-14-21-6-2-1-3-7-21)29(38)35(27)17-15-23-19-31-26-9-5-4-8-25(23)26/h1-13,16,19,31H,14-15,17-18,20H2,(H,33,37)/b32-16+. The number of para-hydroxylation sites is 1. The molecule has 2 heterocycles. The van der Waals surface area contributed by atoms with Gasteiger partial charge in [0.2, 0.25) is 0 Å². The van der Waals surface area contributed by atoms with Crippen LogP contribution in [0.1, 0.15) is 22.5 Å². The minimum Gasteiger partial charge on any atom is -0.361 e. The van der Waals surface area contributed by atoms with Crippen LogP contribution in [0.4, 0.5) is 0 Å². The van der Waals surface area contributed by atoms with Crippen LogP contribution < -0.4 is 11.1 Å². The molecule has 2 aromatic heterocycles. The monoisotopic (exact) mass is 526 g/mol. The lowest BCUT2D eigenvalue weighted by Gasteiger charge is -2.06. The van der Waals surface area contributed by atoms with Gasteiger partial charge in [0.1, 0.15) is 12.4 Å². The smallest absolute Gasteiger partial charge is 0.346 e. The van der Waals surface area contributed by atoms with Gasteiger partial charge in [-0.05, 0) is 41.3 Å². The molecular weight excluding hydrogens is 500 g/mol. The number of rotatable bonds is 10. The number of hydrogen-bond donors (Lipinski definition) is 2. The number of nitrogens with one attached hydrogen (secondary N) is 2. The van der Waals surface area contributed by atoms with Gasteiger partial charge in [-0.25, -0.2) is 14.9 Å². The maximum Gasteiger partial charge on any atom is 0.346 e. The van der Waals surface area contributed by atoms with E-state index in [1.54, 1.807) is 10.8 Å². The van der Waals surface area contributed by atoms with Gasteiger partial charge < -0.3 is 4.98 Å². The Morgan fingerprint density at radius 2 is 1.76 bits per heavy atom. The maximum atomic E-state index is 13.3. The van der Waals surface area contributed by atoms with Crippen LogP contribution in [0.3, 0.4) is 0 Å². The molecule has 0 aliphatic heterocycles. The van der Waals surface area contributed by atoms with Crippen molar-refractivity contribution in [3.8, 4) is 0 Å². The van der Waals surface area contributed by atoms with Crippen molar-refractivity contribution in [3.63, 3.8) is 0 Å². The highest BCUT2D eigenvalue weighted by atomic mass is 35.5. The summed E-state index contributed by atoms with van der Waals surface area (Å²) in [5.74, 6) is 0.160. The molecule has 1 amide bonds. The van der Waals surface area contributed by atoms with Gasteiger partial charge in [-0.15, -0.1) is 0 Å². The molecule has 192 valence electrons. The van der Waals surface area contributed by atoms with Gasteiger partial charge in [0.15, 0.2) is 0 Å². The summed E-state index contributed by atoms with van der Waals surface area (Å²) in [6, 6.07) is 25.3. The number of aromatic amines is 1. The molecule has 0 aliphatic rings. The van der Waals surface area contributed by atoms with Crippen LogP contribution >= 0.6 is 11.6 Å². The average molecular weight is 527 g/mol. The van der Waals surface area contributed by atoms with Gasteiger partial charge in [-0.3, -0.25) is 9.36 Å². The second kappa shape index (κ2) is 11.7. The number of H-pyrrole nitrogens is 1. The number of hydrazone groups is 1. The van der Waals surface area contributed by atoms with Crippen molar-refractivity contribution in [2.24, 2.45) is 5.10 Å². The van der Waals surface area contributed by atoms with Crippen LogP contribution in [0.15, 0.2) is 95.0 Å². The number of nitrogens with zero attached hydrogens (tertiary/aromatic N) is 4. The van der Waals surface area contributed by atoms with E-state index in [1.807, 2.05) is 79.0 Å². The maximum absolute atomic E-state index is 13.3. The third kappa shape index (κ3) is 6.10. The molecule has 0 unspecified atom stereocenters. The van der Waals surface area contributed by atoms with Gasteiger partial charge in [0.05, 0.1) is 0 Å². The number of benzene rings is 3. The SMILES string of the molecule is O=C(Cn1nc(Cc2ccc(Cl)cc2)n(CCc2c[nH]c3ccccc23)c1=O)N/N=C/Cc1ccccc1. The minimum atomic E-state index is -0.421. The third-order valence-electron chi connectivity index (χ3n) is 6.30. The summed E-state index contributed by atoms with van der Waals surface area (Å²) in [6.07, 6.45) is 5.26. The molecule has 0 fully saturated rings. The van der Waals surface area contributed by atoms with Crippen molar-refractivity contribution < 1.29 is 4.79 Å². The Morgan fingerprint density at radius 3 is 2.58 bits per heavy atom. The molecule has 0 bridgehead atoms. The zero-order chi connectivity index (χ0) is 26.3. The summed E-state index contributed by atoms with van der Waals surface area (Å²) >= 11 is 6.04.